The lowest BCUT2D eigenvalue weighted by Gasteiger charge is -2.09. The molecular formula is C23H20N4O4. The maximum atomic E-state index is 12.2. The molecular weight excluding hydrogens is 396 g/mol. The summed E-state index contributed by atoms with van der Waals surface area (Å²) in [5.41, 5.74) is 8.02. The van der Waals surface area contributed by atoms with Gasteiger partial charge in [-0.3, -0.25) is 20.4 Å². The highest BCUT2D eigenvalue weighted by atomic mass is 16.5. The molecule has 8 heteroatoms. The van der Waals surface area contributed by atoms with Gasteiger partial charge in [-0.2, -0.15) is 0 Å². The number of carbonyl (C=O) groups is 2. The number of benzene rings is 2. The van der Waals surface area contributed by atoms with Crippen molar-refractivity contribution in [1.82, 2.24) is 20.2 Å². The van der Waals surface area contributed by atoms with Crippen molar-refractivity contribution >= 4 is 17.5 Å². The monoisotopic (exact) mass is 416 g/mol. The Balaban J connectivity index is 1.31. The van der Waals surface area contributed by atoms with Gasteiger partial charge in [0.15, 0.2) is 0 Å². The third-order valence-electron chi connectivity index (χ3n) is 4.55. The molecule has 4 aromatic rings. The van der Waals surface area contributed by atoms with E-state index in [1.807, 2.05) is 35.9 Å². The second kappa shape index (κ2) is 8.58. The van der Waals surface area contributed by atoms with Gasteiger partial charge in [0, 0.05) is 23.5 Å². The van der Waals surface area contributed by atoms with Crippen molar-refractivity contribution in [2.75, 3.05) is 0 Å². The second-order valence-electron chi connectivity index (χ2n) is 6.98. The van der Waals surface area contributed by atoms with Gasteiger partial charge in [0.25, 0.3) is 11.8 Å². The molecule has 2 heterocycles. The number of aromatic hydroxyl groups is 1. The minimum atomic E-state index is -0.535. The van der Waals surface area contributed by atoms with E-state index in [1.54, 1.807) is 24.3 Å². The van der Waals surface area contributed by atoms with Crippen LogP contribution in [0, 0.1) is 6.92 Å². The predicted octanol–water partition coefficient (Wildman–Crippen LogP) is 3.00. The Morgan fingerprint density at radius 3 is 2.45 bits per heavy atom. The first kappa shape index (κ1) is 20.0. The molecule has 4 rings (SSSR count). The molecule has 0 radical (unpaired) electrons. The topological polar surface area (TPSA) is 105 Å². The van der Waals surface area contributed by atoms with E-state index in [9.17, 15) is 14.7 Å². The Hall–Kier alpha value is -4.33. The lowest BCUT2D eigenvalue weighted by atomic mass is 10.2. The minimum absolute atomic E-state index is 0.0340. The van der Waals surface area contributed by atoms with Crippen molar-refractivity contribution < 1.29 is 19.4 Å². The number of phenolic OH excluding ortho intramolecular Hbond substituents is 1. The van der Waals surface area contributed by atoms with Crippen LogP contribution in [0.1, 0.15) is 32.0 Å². The van der Waals surface area contributed by atoms with Crippen LogP contribution in [-0.2, 0) is 6.61 Å². The summed E-state index contributed by atoms with van der Waals surface area (Å²) in [4.78, 5) is 28.8. The molecule has 31 heavy (non-hydrogen) atoms. The number of fused-ring (bicyclic) bond motifs is 1. The van der Waals surface area contributed by atoms with Crippen molar-refractivity contribution in [3.05, 3.63) is 95.4 Å². The smallest absolute Gasteiger partial charge is 0.269 e. The van der Waals surface area contributed by atoms with E-state index in [0.29, 0.717) is 17.9 Å². The third-order valence-corrected chi connectivity index (χ3v) is 4.55. The lowest BCUT2D eigenvalue weighted by Crippen LogP contribution is -2.41. The average molecular weight is 416 g/mol. The zero-order chi connectivity index (χ0) is 21.8. The van der Waals surface area contributed by atoms with Gasteiger partial charge < -0.3 is 14.2 Å². The fraction of sp³-hybridized carbons (Fsp3) is 0.0870. The largest absolute Gasteiger partial charge is 0.508 e. The molecule has 0 saturated carbocycles. The number of hydrogen-bond donors (Lipinski definition) is 3. The van der Waals surface area contributed by atoms with Crippen LogP contribution in [0.3, 0.4) is 0 Å². The summed E-state index contributed by atoms with van der Waals surface area (Å²) in [6.45, 7) is 2.32. The van der Waals surface area contributed by atoms with Gasteiger partial charge in [-0.05, 0) is 61.0 Å². The Morgan fingerprint density at radius 2 is 1.71 bits per heavy atom. The molecule has 0 bridgehead atoms. The summed E-state index contributed by atoms with van der Waals surface area (Å²) in [5, 5.41) is 9.42. The molecule has 156 valence electrons. The van der Waals surface area contributed by atoms with Gasteiger partial charge in [-0.25, -0.2) is 4.98 Å². The second-order valence-corrected chi connectivity index (χ2v) is 6.98. The summed E-state index contributed by atoms with van der Waals surface area (Å²) in [6.07, 6.45) is 3.91. The number of phenols is 1. The van der Waals surface area contributed by atoms with E-state index >= 15 is 0 Å². The van der Waals surface area contributed by atoms with Crippen molar-refractivity contribution in [1.29, 1.82) is 0 Å². The third kappa shape index (κ3) is 4.81. The molecule has 0 unspecified atom stereocenters. The highest BCUT2D eigenvalue weighted by molar-refractivity contribution is 5.99. The van der Waals surface area contributed by atoms with Crippen molar-refractivity contribution in [2.24, 2.45) is 0 Å². The SMILES string of the molecule is Cc1ccc2nc(COc3ccc(C(=O)NNC(=O)c4cccc(O)c4)cc3)cn2c1. The zero-order valence-electron chi connectivity index (χ0n) is 16.7. The number of aromatic nitrogens is 2. The standard InChI is InChI=1S/C23H20N4O4/c1-15-5-10-21-24-18(13-27(21)12-15)14-31-20-8-6-16(7-9-20)22(29)25-26-23(30)17-3-2-4-19(28)11-17/h2-13,28H,14H2,1H3,(H,25,29)(H,26,30). The summed E-state index contributed by atoms with van der Waals surface area (Å²) in [6, 6.07) is 16.3. The molecule has 0 fully saturated rings. The highest BCUT2D eigenvalue weighted by Crippen LogP contribution is 2.15. The number of ether oxygens (including phenoxy) is 1. The van der Waals surface area contributed by atoms with Crippen molar-refractivity contribution in [2.45, 2.75) is 13.5 Å². The molecule has 0 atom stereocenters. The molecule has 8 nitrogen and oxygen atoms in total. The number of hydrogen-bond acceptors (Lipinski definition) is 5. The molecule has 2 aromatic heterocycles. The van der Waals surface area contributed by atoms with E-state index in [-0.39, 0.29) is 11.3 Å². The number of hydrazine groups is 1. The lowest BCUT2D eigenvalue weighted by molar-refractivity contribution is 0.0846. The summed E-state index contributed by atoms with van der Waals surface area (Å²) >= 11 is 0. The first-order chi connectivity index (χ1) is 15.0. The van der Waals surface area contributed by atoms with Crippen LogP contribution in [0.4, 0.5) is 0 Å². The van der Waals surface area contributed by atoms with Crippen LogP contribution in [-0.4, -0.2) is 26.3 Å². The minimum Gasteiger partial charge on any atom is -0.508 e. The van der Waals surface area contributed by atoms with Crippen LogP contribution in [0.25, 0.3) is 5.65 Å². The fourth-order valence-electron chi connectivity index (χ4n) is 2.99. The number of imidazole rings is 1. The molecule has 0 saturated heterocycles. The van der Waals surface area contributed by atoms with E-state index in [1.165, 1.54) is 24.3 Å². The van der Waals surface area contributed by atoms with E-state index in [0.717, 1.165) is 16.9 Å². The zero-order valence-corrected chi connectivity index (χ0v) is 16.7. The number of amides is 2. The van der Waals surface area contributed by atoms with E-state index in [4.69, 9.17) is 4.74 Å². The van der Waals surface area contributed by atoms with Crippen molar-refractivity contribution in [3.63, 3.8) is 0 Å². The highest BCUT2D eigenvalue weighted by Gasteiger charge is 2.10. The molecule has 0 aliphatic rings. The molecule has 0 aliphatic heterocycles. The normalized spacial score (nSPS) is 10.6. The molecule has 2 aromatic carbocycles. The Labute approximate surface area is 178 Å². The van der Waals surface area contributed by atoms with Gasteiger partial charge in [0.1, 0.15) is 23.8 Å². The van der Waals surface area contributed by atoms with E-state index < -0.39 is 11.8 Å². The number of carbonyl (C=O) groups excluding carboxylic acids is 2. The molecule has 3 N–H and O–H groups in total. The van der Waals surface area contributed by atoms with Gasteiger partial charge >= 0.3 is 0 Å². The summed E-state index contributed by atoms with van der Waals surface area (Å²) in [5.74, 6) is -0.454. The van der Waals surface area contributed by atoms with Gasteiger partial charge in [-0.1, -0.05) is 12.1 Å². The molecule has 2 amide bonds. The predicted molar refractivity (Wildman–Crippen MR) is 114 cm³/mol. The van der Waals surface area contributed by atoms with Crippen LogP contribution < -0.4 is 15.6 Å². The maximum Gasteiger partial charge on any atom is 0.269 e. The van der Waals surface area contributed by atoms with E-state index in [2.05, 4.69) is 15.8 Å². The van der Waals surface area contributed by atoms with Crippen LogP contribution >= 0.6 is 0 Å². The molecule has 0 spiro atoms. The van der Waals surface area contributed by atoms with Crippen LogP contribution in [0.15, 0.2) is 73.1 Å². The first-order valence-electron chi connectivity index (χ1n) is 9.55. The van der Waals surface area contributed by atoms with Crippen LogP contribution in [0.2, 0.25) is 0 Å². The van der Waals surface area contributed by atoms with Gasteiger partial charge in [-0.15, -0.1) is 0 Å². The number of nitrogens with zero attached hydrogens (tertiary/aromatic N) is 2. The van der Waals surface area contributed by atoms with Gasteiger partial charge in [0.05, 0.1) is 5.69 Å². The summed E-state index contributed by atoms with van der Waals surface area (Å²) < 4.78 is 7.70. The molecule has 0 aliphatic carbocycles. The van der Waals surface area contributed by atoms with Crippen molar-refractivity contribution in [3.8, 4) is 11.5 Å². The number of nitrogens with one attached hydrogen (secondary N) is 2. The fourth-order valence-corrected chi connectivity index (χ4v) is 2.99. The number of pyridine rings is 1. The first-order valence-corrected chi connectivity index (χ1v) is 9.55. The Bertz CT molecular complexity index is 1250. The Morgan fingerprint density at radius 1 is 0.968 bits per heavy atom. The quantitative estimate of drug-likeness (QED) is 0.434. The maximum absolute atomic E-state index is 12.2. The average Bonchev–Trinajstić information content (AvgIpc) is 3.18. The number of rotatable bonds is 5. The summed E-state index contributed by atoms with van der Waals surface area (Å²) in [7, 11) is 0. The van der Waals surface area contributed by atoms with Crippen LogP contribution in [0.5, 0.6) is 11.5 Å². The number of aryl methyl sites for hydroxylation is 1. The Kier molecular flexibility index (Phi) is 5.53. The van der Waals surface area contributed by atoms with Gasteiger partial charge in [0.2, 0.25) is 0 Å².